The maximum absolute atomic E-state index is 11.1. The molecule has 3 atom stereocenters. The Morgan fingerprint density at radius 2 is 1.58 bits per heavy atom. The number of nitrogens with one attached hydrogen (secondary N) is 1. The molecule has 0 aliphatic rings. The van der Waals surface area contributed by atoms with Crippen molar-refractivity contribution in [1.29, 1.82) is 0 Å². The number of carbonyl (C=O) groups is 2. The third-order valence-corrected chi connectivity index (χ3v) is 2.64. The van der Waals surface area contributed by atoms with Gasteiger partial charge in [0.2, 0.25) is 5.91 Å². The van der Waals surface area contributed by atoms with Crippen molar-refractivity contribution in [2.24, 2.45) is 0 Å². The van der Waals surface area contributed by atoms with Crippen LogP contribution in [0, 0.1) is 0 Å². The predicted octanol–water partition coefficient (Wildman–Crippen LogP) is -2.18. The third-order valence-electron chi connectivity index (χ3n) is 2.64. The summed E-state index contributed by atoms with van der Waals surface area (Å²) in [6.07, 6.45) is -1.78. The molecule has 3 unspecified atom stereocenters. The fourth-order valence-electron chi connectivity index (χ4n) is 1.53. The molecule has 112 valence electrons. The summed E-state index contributed by atoms with van der Waals surface area (Å²) in [6, 6.07) is -0.477. The maximum Gasteiger partial charge on any atom is 0.332 e. The van der Waals surface area contributed by atoms with Gasteiger partial charge >= 0.3 is 5.97 Å². The minimum atomic E-state index is -1.52. The molecule has 0 aromatic carbocycles. The molecule has 0 aromatic rings. The molecule has 0 saturated heterocycles. The van der Waals surface area contributed by atoms with E-state index >= 15 is 0 Å². The van der Waals surface area contributed by atoms with Gasteiger partial charge in [-0.3, -0.25) is 4.79 Å². The Balaban J connectivity index is 4.24. The van der Waals surface area contributed by atoms with E-state index in [0.29, 0.717) is 6.42 Å². The Kier molecular flexibility index (Phi) is 9.06. The first kappa shape index (κ1) is 17.8. The fraction of sp³-hybridized carbons (Fsp3) is 0.818. The smallest absolute Gasteiger partial charge is 0.332 e. The van der Waals surface area contributed by atoms with Gasteiger partial charge in [-0.1, -0.05) is 0 Å². The number of hydrogen-bond acceptors (Lipinski definition) is 6. The lowest BCUT2D eigenvalue weighted by Crippen LogP contribution is -2.38. The van der Waals surface area contributed by atoms with Crippen molar-refractivity contribution < 1.29 is 35.1 Å². The lowest BCUT2D eigenvalue weighted by Gasteiger charge is -2.20. The average molecular weight is 279 g/mol. The highest BCUT2D eigenvalue weighted by atomic mass is 16.4. The zero-order chi connectivity index (χ0) is 14.8. The second-order valence-electron chi connectivity index (χ2n) is 4.27. The normalized spacial score (nSPS) is 15.6. The molecule has 8 nitrogen and oxygen atoms in total. The van der Waals surface area contributed by atoms with E-state index in [-0.39, 0.29) is 19.3 Å². The second-order valence-corrected chi connectivity index (χ2v) is 4.27. The zero-order valence-electron chi connectivity index (χ0n) is 10.5. The Hall–Kier alpha value is -1.22. The fourth-order valence-corrected chi connectivity index (χ4v) is 1.53. The van der Waals surface area contributed by atoms with E-state index < -0.39 is 43.3 Å². The molecule has 0 rings (SSSR count). The highest BCUT2D eigenvalue weighted by Gasteiger charge is 2.18. The van der Waals surface area contributed by atoms with Crippen LogP contribution in [0.4, 0.5) is 0 Å². The highest BCUT2D eigenvalue weighted by Crippen LogP contribution is 2.10. The van der Waals surface area contributed by atoms with Gasteiger partial charge in [-0.2, -0.15) is 0 Å². The Morgan fingerprint density at radius 1 is 1.00 bits per heavy atom. The van der Waals surface area contributed by atoms with Crippen LogP contribution in [0.15, 0.2) is 0 Å². The molecule has 8 heteroatoms. The monoisotopic (exact) mass is 279 g/mol. The molecular formula is C11H21NO7. The molecule has 0 aromatic heterocycles. The number of carboxylic acid groups (broad SMARTS) is 1. The van der Waals surface area contributed by atoms with Crippen molar-refractivity contribution in [3.63, 3.8) is 0 Å². The van der Waals surface area contributed by atoms with Crippen molar-refractivity contribution in [3.8, 4) is 0 Å². The van der Waals surface area contributed by atoms with E-state index in [9.17, 15) is 14.7 Å². The van der Waals surface area contributed by atoms with Crippen LogP contribution < -0.4 is 5.32 Å². The van der Waals surface area contributed by atoms with Crippen molar-refractivity contribution in [3.05, 3.63) is 0 Å². The molecule has 19 heavy (non-hydrogen) atoms. The Bertz CT molecular complexity index is 284. The molecule has 0 saturated carbocycles. The van der Waals surface area contributed by atoms with Crippen LogP contribution in [0.1, 0.15) is 25.7 Å². The lowest BCUT2D eigenvalue weighted by atomic mass is 10.0. The molecule has 0 aliphatic carbocycles. The average Bonchev–Trinajstić information content (AvgIpc) is 2.40. The molecule has 6 N–H and O–H groups in total. The quantitative estimate of drug-likeness (QED) is 0.266. The summed E-state index contributed by atoms with van der Waals surface area (Å²) in [7, 11) is 0. The molecule has 0 spiro atoms. The van der Waals surface area contributed by atoms with Crippen LogP contribution in [0.25, 0.3) is 0 Å². The van der Waals surface area contributed by atoms with Gasteiger partial charge < -0.3 is 30.8 Å². The van der Waals surface area contributed by atoms with Crippen molar-refractivity contribution in [1.82, 2.24) is 5.32 Å². The van der Waals surface area contributed by atoms with Crippen LogP contribution in [-0.4, -0.2) is 68.9 Å². The minimum absolute atomic E-state index is 0.0546. The van der Waals surface area contributed by atoms with Gasteiger partial charge in [0.25, 0.3) is 0 Å². The lowest BCUT2D eigenvalue weighted by molar-refractivity contribution is -0.147. The molecule has 0 aliphatic heterocycles. The summed E-state index contributed by atoms with van der Waals surface area (Å²) in [5.41, 5.74) is 0. The number of aliphatic hydroxyl groups is 4. The molecular weight excluding hydrogens is 258 g/mol. The van der Waals surface area contributed by atoms with E-state index in [1.807, 2.05) is 0 Å². The third kappa shape index (κ3) is 8.49. The maximum atomic E-state index is 11.1. The molecule has 0 bridgehead atoms. The molecule has 0 radical (unpaired) electrons. The van der Waals surface area contributed by atoms with Gasteiger partial charge in [-0.25, -0.2) is 4.79 Å². The van der Waals surface area contributed by atoms with Gasteiger partial charge in [-0.15, -0.1) is 0 Å². The number of amides is 1. The van der Waals surface area contributed by atoms with Crippen molar-refractivity contribution >= 4 is 11.9 Å². The van der Waals surface area contributed by atoms with Crippen LogP contribution in [0.5, 0.6) is 0 Å². The van der Waals surface area contributed by atoms with Crippen LogP contribution in [0.2, 0.25) is 0 Å². The zero-order valence-corrected chi connectivity index (χ0v) is 10.5. The summed E-state index contributed by atoms with van der Waals surface area (Å²) >= 11 is 0. The van der Waals surface area contributed by atoms with Gasteiger partial charge in [0.1, 0.15) is 6.61 Å². The summed E-state index contributed by atoms with van der Waals surface area (Å²) in [5.74, 6) is -1.96. The van der Waals surface area contributed by atoms with Gasteiger partial charge in [0, 0.05) is 6.04 Å². The van der Waals surface area contributed by atoms with Crippen LogP contribution in [-0.2, 0) is 9.59 Å². The summed E-state index contributed by atoms with van der Waals surface area (Å²) in [4.78, 5) is 21.5. The molecule has 0 fully saturated rings. The number of aliphatic hydroxyl groups excluding tert-OH is 4. The van der Waals surface area contributed by atoms with E-state index in [1.165, 1.54) is 0 Å². The summed E-state index contributed by atoms with van der Waals surface area (Å²) in [5, 5.41) is 46.6. The largest absolute Gasteiger partial charge is 0.479 e. The van der Waals surface area contributed by atoms with E-state index in [1.54, 1.807) is 0 Å². The minimum Gasteiger partial charge on any atom is -0.479 e. The van der Waals surface area contributed by atoms with Gasteiger partial charge in [-0.05, 0) is 25.7 Å². The Morgan fingerprint density at radius 3 is 2.05 bits per heavy atom. The first-order valence-corrected chi connectivity index (χ1v) is 6.00. The van der Waals surface area contributed by atoms with Gasteiger partial charge in [0.05, 0.1) is 12.7 Å². The van der Waals surface area contributed by atoms with Crippen LogP contribution >= 0.6 is 0 Å². The van der Waals surface area contributed by atoms with Gasteiger partial charge in [0.15, 0.2) is 6.10 Å². The summed E-state index contributed by atoms with van der Waals surface area (Å²) < 4.78 is 0. The summed E-state index contributed by atoms with van der Waals surface area (Å²) in [6.45, 7) is -1.10. The standard InChI is InChI=1S/C11H21NO7/c13-5-8(15)3-1-7(12-10(17)6-14)2-4-9(16)11(18)19/h7-9,13-16H,1-6H2,(H,12,17)(H,18,19). The number of carboxylic acids is 1. The van der Waals surface area contributed by atoms with E-state index in [2.05, 4.69) is 5.32 Å². The molecule has 0 heterocycles. The topological polar surface area (TPSA) is 147 Å². The first-order valence-electron chi connectivity index (χ1n) is 6.00. The molecule has 1 amide bonds. The number of carbonyl (C=O) groups excluding carboxylic acids is 1. The van der Waals surface area contributed by atoms with Crippen molar-refractivity contribution in [2.75, 3.05) is 13.2 Å². The number of rotatable bonds is 10. The predicted molar refractivity (Wildman–Crippen MR) is 64.2 cm³/mol. The van der Waals surface area contributed by atoms with E-state index in [0.717, 1.165) is 0 Å². The van der Waals surface area contributed by atoms with E-state index in [4.69, 9.17) is 20.4 Å². The second kappa shape index (κ2) is 9.68. The number of aliphatic carboxylic acids is 1. The van der Waals surface area contributed by atoms with Crippen LogP contribution in [0.3, 0.4) is 0 Å². The number of hydrogen-bond donors (Lipinski definition) is 6. The van der Waals surface area contributed by atoms with Crippen molar-refractivity contribution in [2.45, 2.75) is 43.9 Å². The first-order chi connectivity index (χ1) is 8.90. The Labute approximate surface area is 110 Å². The highest BCUT2D eigenvalue weighted by molar-refractivity contribution is 5.77. The SMILES string of the molecule is O=C(CO)NC(CCC(O)CO)CCC(O)C(=O)O.